The van der Waals surface area contributed by atoms with Gasteiger partial charge in [-0.15, -0.1) is 0 Å². The first-order valence-electron chi connectivity index (χ1n) is 10.7. The van der Waals surface area contributed by atoms with Gasteiger partial charge in [-0.2, -0.15) is 0 Å². The molecule has 176 valence electrons. The highest BCUT2D eigenvalue weighted by molar-refractivity contribution is 6.30. The van der Waals surface area contributed by atoms with Crippen LogP contribution in [0.25, 0.3) is 0 Å². The van der Waals surface area contributed by atoms with Gasteiger partial charge in [-0.05, 0) is 56.5 Å². The van der Waals surface area contributed by atoms with Crippen molar-refractivity contribution < 1.29 is 24.2 Å². The van der Waals surface area contributed by atoms with Crippen molar-refractivity contribution in [3.8, 4) is 0 Å². The Kier molecular flexibility index (Phi) is 7.03. The predicted octanol–water partition coefficient (Wildman–Crippen LogP) is 4.51. The lowest BCUT2D eigenvalue weighted by atomic mass is 9.88. The van der Waals surface area contributed by atoms with Crippen LogP contribution in [0.15, 0.2) is 48.5 Å². The summed E-state index contributed by atoms with van der Waals surface area (Å²) in [6.45, 7) is 7.46. The van der Waals surface area contributed by atoms with E-state index in [-0.39, 0.29) is 12.8 Å². The minimum absolute atomic E-state index is 0.104. The smallest absolute Gasteiger partial charge is 0.411 e. The van der Waals surface area contributed by atoms with E-state index in [1.54, 1.807) is 52.0 Å². The first-order valence-corrected chi connectivity index (χ1v) is 11.1. The zero-order valence-corrected chi connectivity index (χ0v) is 20.0. The molecule has 0 spiro atoms. The third kappa shape index (κ3) is 5.85. The molecule has 0 radical (unpaired) electrons. The Bertz CT molecular complexity index is 1050. The molecule has 2 aromatic carbocycles. The molecule has 33 heavy (non-hydrogen) atoms. The second kappa shape index (κ2) is 9.43. The van der Waals surface area contributed by atoms with Crippen LogP contribution in [0, 0.1) is 0 Å². The molecule has 0 aromatic heterocycles. The van der Waals surface area contributed by atoms with E-state index in [0.29, 0.717) is 11.6 Å². The van der Waals surface area contributed by atoms with Gasteiger partial charge in [-0.25, -0.2) is 9.59 Å². The van der Waals surface area contributed by atoms with Gasteiger partial charge in [0.05, 0.1) is 18.5 Å². The van der Waals surface area contributed by atoms with Gasteiger partial charge >= 0.3 is 12.1 Å². The topological polar surface area (TPSA) is 95.9 Å². The van der Waals surface area contributed by atoms with Crippen molar-refractivity contribution in [2.24, 2.45) is 0 Å². The molecule has 2 N–H and O–H groups in total. The molecule has 1 heterocycles. The fraction of sp³-hybridized carbons (Fsp3) is 0.400. The van der Waals surface area contributed by atoms with Crippen LogP contribution in [0.2, 0.25) is 5.02 Å². The largest absolute Gasteiger partial charge is 0.480 e. The van der Waals surface area contributed by atoms with Crippen LogP contribution in [0.5, 0.6) is 0 Å². The van der Waals surface area contributed by atoms with Crippen LogP contribution in [0.4, 0.5) is 4.79 Å². The molecule has 0 aliphatic carbocycles. The summed E-state index contributed by atoms with van der Waals surface area (Å²) in [5.41, 5.74) is 0.832. The molecule has 2 amide bonds. The van der Waals surface area contributed by atoms with Crippen LogP contribution < -0.4 is 5.32 Å². The molecular weight excluding hydrogens is 444 g/mol. The van der Waals surface area contributed by atoms with Gasteiger partial charge < -0.3 is 15.2 Å². The number of amides is 2. The summed E-state index contributed by atoms with van der Waals surface area (Å²) in [6.07, 6.45) is -0.514. The quantitative estimate of drug-likeness (QED) is 0.645. The average molecular weight is 473 g/mol. The normalized spacial score (nSPS) is 18.4. The Hall–Kier alpha value is -3.06. The number of carboxylic acid groups (broad SMARTS) is 1. The Morgan fingerprint density at radius 1 is 1.15 bits per heavy atom. The zero-order chi connectivity index (χ0) is 24.4. The highest BCUT2D eigenvalue weighted by atomic mass is 35.5. The van der Waals surface area contributed by atoms with Crippen molar-refractivity contribution in [1.82, 2.24) is 10.2 Å². The molecular formula is C25H29ClN2O5. The number of benzene rings is 2. The summed E-state index contributed by atoms with van der Waals surface area (Å²) in [6, 6.07) is 13.2. The van der Waals surface area contributed by atoms with Crippen molar-refractivity contribution in [3.63, 3.8) is 0 Å². The predicted molar refractivity (Wildman–Crippen MR) is 125 cm³/mol. The third-order valence-electron chi connectivity index (χ3n) is 5.63. The first kappa shape index (κ1) is 24.6. The second-order valence-corrected chi connectivity index (χ2v) is 9.90. The number of fused-ring (bicyclic) bond motifs is 1. The van der Waals surface area contributed by atoms with E-state index in [2.05, 4.69) is 5.32 Å². The SMILES string of the molecule is CC(C)(C)OC(=O)N1Cc2ccccc2C1(C)CC(=O)NC(Cc1ccc(Cl)cc1)C(=O)O. The van der Waals surface area contributed by atoms with E-state index in [1.165, 1.54) is 4.90 Å². The summed E-state index contributed by atoms with van der Waals surface area (Å²) in [7, 11) is 0. The molecule has 2 atom stereocenters. The van der Waals surface area contributed by atoms with E-state index in [1.807, 2.05) is 24.3 Å². The number of nitrogens with one attached hydrogen (secondary N) is 1. The summed E-state index contributed by atoms with van der Waals surface area (Å²) in [4.78, 5) is 39.4. The number of carbonyl (C=O) groups is 3. The minimum Gasteiger partial charge on any atom is -0.480 e. The number of ether oxygens (including phenoxy) is 1. The number of halogens is 1. The fourth-order valence-electron chi connectivity index (χ4n) is 4.06. The Labute approximate surface area is 198 Å². The van der Waals surface area contributed by atoms with E-state index in [0.717, 1.165) is 16.7 Å². The summed E-state index contributed by atoms with van der Waals surface area (Å²) >= 11 is 5.90. The summed E-state index contributed by atoms with van der Waals surface area (Å²) in [5.74, 6) is -1.61. The molecule has 2 aromatic rings. The van der Waals surface area contributed by atoms with Crippen molar-refractivity contribution in [2.45, 2.75) is 64.3 Å². The second-order valence-electron chi connectivity index (χ2n) is 9.46. The number of rotatable bonds is 6. The maximum absolute atomic E-state index is 13.1. The monoisotopic (exact) mass is 472 g/mol. The summed E-state index contributed by atoms with van der Waals surface area (Å²) in [5, 5.41) is 12.8. The number of carbonyl (C=O) groups excluding carboxylic acids is 2. The highest BCUT2D eigenvalue weighted by Crippen LogP contribution is 2.42. The molecule has 0 fully saturated rings. The standard InChI is InChI=1S/C25H29ClN2O5/c1-24(2,3)33-23(32)28-15-17-7-5-6-8-19(17)25(28,4)14-21(29)27-20(22(30)31)13-16-9-11-18(26)12-10-16/h5-12,20H,13-15H2,1-4H3,(H,27,29)(H,30,31). The molecule has 0 bridgehead atoms. The number of hydrogen-bond acceptors (Lipinski definition) is 4. The number of nitrogens with zero attached hydrogens (tertiary/aromatic N) is 1. The first-order chi connectivity index (χ1) is 15.4. The van der Waals surface area contributed by atoms with E-state index in [4.69, 9.17) is 16.3 Å². The van der Waals surface area contributed by atoms with Crippen LogP contribution in [-0.4, -0.2) is 39.6 Å². The molecule has 7 nitrogen and oxygen atoms in total. The van der Waals surface area contributed by atoms with E-state index in [9.17, 15) is 19.5 Å². The van der Waals surface area contributed by atoms with Gasteiger partial charge in [-0.1, -0.05) is 48.0 Å². The lowest BCUT2D eigenvalue weighted by molar-refractivity contribution is -0.142. The van der Waals surface area contributed by atoms with Crippen molar-refractivity contribution >= 4 is 29.6 Å². The fourth-order valence-corrected chi connectivity index (χ4v) is 4.19. The molecule has 3 rings (SSSR count). The van der Waals surface area contributed by atoms with Gasteiger partial charge in [0.1, 0.15) is 11.6 Å². The van der Waals surface area contributed by atoms with E-state index < -0.39 is 35.2 Å². The lowest BCUT2D eigenvalue weighted by Gasteiger charge is -2.36. The highest BCUT2D eigenvalue weighted by Gasteiger charge is 2.47. The minimum atomic E-state index is -1.14. The lowest BCUT2D eigenvalue weighted by Crippen LogP contribution is -2.50. The van der Waals surface area contributed by atoms with Crippen molar-refractivity contribution in [1.29, 1.82) is 0 Å². The van der Waals surface area contributed by atoms with Gasteiger partial charge in [0.25, 0.3) is 0 Å². The van der Waals surface area contributed by atoms with Crippen LogP contribution in [0.3, 0.4) is 0 Å². The number of carboxylic acids is 1. The summed E-state index contributed by atoms with van der Waals surface area (Å²) < 4.78 is 5.59. The number of aliphatic carboxylic acids is 1. The van der Waals surface area contributed by atoms with Gasteiger partial charge in [0.15, 0.2) is 0 Å². The molecule has 0 saturated carbocycles. The molecule has 1 aliphatic heterocycles. The maximum atomic E-state index is 13.1. The maximum Gasteiger partial charge on any atom is 0.411 e. The molecule has 8 heteroatoms. The van der Waals surface area contributed by atoms with Crippen LogP contribution in [-0.2, 0) is 32.8 Å². The van der Waals surface area contributed by atoms with E-state index >= 15 is 0 Å². The Morgan fingerprint density at radius 2 is 1.79 bits per heavy atom. The molecule has 1 aliphatic rings. The average Bonchev–Trinajstić information content (AvgIpc) is 3.00. The Balaban J connectivity index is 1.81. The van der Waals surface area contributed by atoms with Gasteiger partial charge in [0.2, 0.25) is 5.91 Å². The van der Waals surface area contributed by atoms with Crippen LogP contribution >= 0.6 is 11.6 Å². The molecule has 2 unspecified atom stereocenters. The Morgan fingerprint density at radius 3 is 2.39 bits per heavy atom. The van der Waals surface area contributed by atoms with Gasteiger partial charge in [0, 0.05) is 11.4 Å². The van der Waals surface area contributed by atoms with Crippen molar-refractivity contribution in [2.75, 3.05) is 0 Å². The van der Waals surface area contributed by atoms with Gasteiger partial charge in [-0.3, -0.25) is 9.69 Å². The van der Waals surface area contributed by atoms with Crippen LogP contribution in [0.1, 0.15) is 50.8 Å². The zero-order valence-electron chi connectivity index (χ0n) is 19.2. The van der Waals surface area contributed by atoms with Crippen molar-refractivity contribution in [3.05, 3.63) is 70.2 Å². The molecule has 0 saturated heterocycles. The number of hydrogen-bond donors (Lipinski definition) is 2. The third-order valence-corrected chi connectivity index (χ3v) is 5.88.